The third-order valence-electron chi connectivity index (χ3n) is 6.21. The Balaban J connectivity index is 1.68. The molecule has 0 radical (unpaired) electrons. The summed E-state index contributed by atoms with van der Waals surface area (Å²) in [6.07, 6.45) is 13.1. The lowest BCUT2D eigenvalue weighted by atomic mass is 9.90. The highest BCUT2D eigenvalue weighted by Gasteiger charge is 2.40. The molecule has 0 aromatic carbocycles. The molecule has 116 valence electrons. The van der Waals surface area contributed by atoms with Crippen LogP contribution in [0.1, 0.15) is 71.6 Å². The van der Waals surface area contributed by atoms with Crippen molar-refractivity contribution in [2.45, 2.75) is 89.8 Å². The van der Waals surface area contributed by atoms with Gasteiger partial charge in [-0.15, -0.1) is 0 Å². The van der Waals surface area contributed by atoms with Crippen LogP contribution in [0.2, 0.25) is 0 Å². The number of nitrogens with zero attached hydrogens (tertiary/aromatic N) is 1. The van der Waals surface area contributed by atoms with Crippen LogP contribution >= 0.6 is 0 Å². The number of piperazine rings is 1. The molecule has 0 aromatic heterocycles. The third-order valence-corrected chi connectivity index (χ3v) is 6.21. The molecule has 1 N–H and O–H groups in total. The second kappa shape index (κ2) is 6.79. The van der Waals surface area contributed by atoms with E-state index in [1.54, 1.807) is 0 Å². The number of nitrogens with one attached hydrogen (secondary N) is 1. The van der Waals surface area contributed by atoms with Gasteiger partial charge in [0.2, 0.25) is 0 Å². The van der Waals surface area contributed by atoms with Gasteiger partial charge in [0.1, 0.15) is 0 Å². The molecule has 0 spiro atoms. The van der Waals surface area contributed by atoms with E-state index in [2.05, 4.69) is 24.1 Å². The highest BCUT2D eigenvalue weighted by molar-refractivity contribution is 4.97. The van der Waals surface area contributed by atoms with Gasteiger partial charge in [0.05, 0.1) is 0 Å². The molecule has 0 bridgehead atoms. The van der Waals surface area contributed by atoms with Crippen molar-refractivity contribution < 1.29 is 0 Å². The summed E-state index contributed by atoms with van der Waals surface area (Å²) in [5, 5.41) is 3.89. The molecule has 3 rings (SSSR count). The molecule has 2 saturated carbocycles. The normalized spacial score (nSPS) is 35.7. The first-order chi connectivity index (χ1) is 9.79. The van der Waals surface area contributed by atoms with Gasteiger partial charge in [-0.1, -0.05) is 46.0 Å². The molecule has 3 atom stereocenters. The Morgan fingerprint density at radius 2 is 1.75 bits per heavy atom. The summed E-state index contributed by atoms with van der Waals surface area (Å²) in [7, 11) is 0. The predicted octanol–water partition coefficient (Wildman–Crippen LogP) is 3.81. The molecule has 3 aliphatic rings. The molecule has 0 amide bonds. The summed E-state index contributed by atoms with van der Waals surface area (Å²) >= 11 is 0. The van der Waals surface area contributed by atoms with Gasteiger partial charge in [0.25, 0.3) is 0 Å². The lowest BCUT2D eigenvalue weighted by Crippen LogP contribution is -2.61. The van der Waals surface area contributed by atoms with Crippen molar-refractivity contribution in [3.63, 3.8) is 0 Å². The summed E-state index contributed by atoms with van der Waals surface area (Å²) in [5.41, 5.74) is 0. The molecule has 1 saturated heterocycles. The molecule has 1 heterocycles. The molecule has 20 heavy (non-hydrogen) atoms. The van der Waals surface area contributed by atoms with Crippen LogP contribution in [0.3, 0.4) is 0 Å². The first-order valence-electron chi connectivity index (χ1n) is 9.28. The van der Waals surface area contributed by atoms with Crippen LogP contribution in [0.25, 0.3) is 0 Å². The molecular weight excluding hydrogens is 244 g/mol. The summed E-state index contributed by atoms with van der Waals surface area (Å²) in [5.74, 6) is 1.84. The predicted molar refractivity (Wildman–Crippen MR) is 86.0 cm³/mol. The third kappa shape index (κ3) is 3.39. The zero-order valence-electron chi connectivity index (χ0n) is 13.6. The fourth-order valence-electron chi connectivity index (χ4n) is 4.44. The van der Waals surface area contributed by atoms with Gasteiger partial charge >= 0.3 is 0 Å². The maximum Gasteiger partial charge on any atom is 0.0249 e. The molecule has 2 nitrogen and oxygen atoms in total. The maximum absolute atomic E-state index is 3.89. The summed E-state index contributed by atoms with van der Waals surface area (Å²) in [4.78, 5) is 2.96. The molecule has 3 fully saturated rings. The van der Waals surface area contributed by atoms with Crippen molar-refractivity contribution in [2.24, 2.45) is 11.8 Å². The van der Waals surface area contributed by atoms with Crippen molar-refractivity contribution in [3.05, 3.63) is 0 Å². The van der Waals surface area contributed by atoms with Gasteiger partial charge in [-0.25, -0.2) is 0 Å². The number of rotatable bonds is 4. The Labute approximate surface area is 125 Å². The first kappa shape index (κ1) is 14.8. The standard InChI is InChI=1S/C18H34N2/c1-3-14(2)18-12-19-17(15-10-11-15)13-20(18)16-8-6-4-5-7-9-16/h14-19H,3-13H2,1-2H3. The molecule has 3 unspecified atom stereocenters. The van der Waals surface area contributed by atoms with Crippen molar-refractivity contribution in [2.75, 3.05) is 13.1 Å². The monoisotopic (exact) mass is 278 g/mol. The Morgan fingerprint density at radius 3 is 2.35 bits per heavy atom. The van der Waals surface area contributed by atoms with Crippen LogP contribution < -0.4 is 5.32 Å². The van der Waals surface area contributed by atoms with E-state index in [4.69, 9.17) is 0 Å². The Bertz CT molecular complexity index is 292. The molecule has 2 heteroatoms. The summed E-state index contributed by atoms with van der Waals surface area (Å²) in [6.45, 7) is 7.41. The Morgan fingerprint density at radius 1 is 1.05 bits per heavy atom. The van der Waals surface area contributed by atoms with Crippen molar-refractivity contribution in [3.8, 4) is 0 Å². The van der Waals surface area contributed by atoms with E-state index in [0.29, 0.717) is 0 Å². The average molecular weight is 278 g/mol. The second-order valence-electron chi connectivity index (χ2n) is 7.65. The minimum atomic E-state index is 0.790. The van der Waals surface area contributed by atoms with Gasteiger partial charge in [0.15, 0.2) is 0 Å². The van der Waals surface area contributed by atoms with Crippen molar-refractivity contribution in [1.29, 1.82) is 0 Å². The van der Waals surface area contributed by atoms with E-state index in [1.165, 1.54) is 70.9 Å². The number of hydrogen-bond acceptors (Lipinski definition) is 2. The van der Waals surface area contributed by atoms with Crippen LogP contribution in [0, 0.1) is 11.8 Å². The van der Waals surface area contributed by atoms with E-state index >= 15 is 0 Å². The van der Waals surface area contributed by atoms with Gasteiger partial charge in [0, 0.05) is 31.2 Å². The highest BCUT2D eigenvalue weighted by atomic mass is 15.3. The van der Waals surface area contributed by atoms with Gasteiger partial charge < -0.3 is 5.32 Å². The van der Waals surface area contributed by atoms with Gasteiger partial charge in [-0.3, -0.25) is 4.90 Å². The zero-order chi connectivity index (χ0) is 13.9. The van der Waals surface area contributed by atoms with E-state index in [1.807, 2.05) is 0 Å². The van der Waals surface area contributed by atoms with E-state index in [-0.39, 0.29) is 0 Å². The lowest BCUT2D eigenvalue weighted by Gasteiger charge is -2.47. The first-order valence-corrected chi connectivity index (χ1v) is 9.28. The molecule has 0 aromatic rings. The summed E-state index contributed by atoms with van der Waals surface area (Å²) in [6, 6.07) is 2.48. The minimum Gasteiger partial charge on any atom is -0.311 e. The van der Waals surface area contributed by atoms with Crippen LogP contribution in [-0.4, -0.2) is 36.1 Å². The summed E-state index contributed by atoms with van der Waals surface area (Å²) < 4.78 is 0. The molecule has 2 aliphatic carbocycles. The zero-order valence-corrected chi connectivity index (χ0v) is 13.6. The second-order valence-corrected chi connectivity index (χ2v) is 7.65. The quantitative estimate of drug-likeness (QED) is 0.787. The van der Waals surface area contributed by atoms with Crippen molar-refractivity contribution in [1.82, 2.24) is 10.2 Å². The Hall–Kier alpha value is -0.0800. The average Bonchev–Trinajstić information content (AvgIpc) is 3.32. The SMILES string of the molecule is CCC(C)C1CNC(C2CC2)CN1C1CCCCCC1. The largest absolute Gasteiger partial charge is 0.311 e. The van der Waals surface area contributed by atoms with E-state index < -0.39 is 0 Å². The fourth-order valence-corrected chi connectivity index (χ4v) is 4.44. The minimum absolute atomic E-state index is 0.790. The smallest absolute Gasteiger partial charge is 0.0249 e. The van der Waals surface area contributed by atoms with Crippen LogP contribution in [0.4, 0.5) is 0 Å². The van der Waals surface area contributed by atoms with E-state index in [0.717, 1.165) is 30.0 Å². The molecular formula is C18H34N2. The van der Waals surface area contributed by atoms with Crippen molar-refractivity contribution >= 4 is 0 Å². The van der Waals surface area contributed by atoms with Crippen LogP contribution in [-0.2, 0) is 0 Å². The van der Waals surface area contributed by atoms with E-state index in [9.17, 15) is 0 Å². The maximum atomic E-state index is 3.89. The lowest BCUT2D eigenvalue weighted by molar-refractivity contribution is 0.0392. The fraction of sp³-hybridized carbons (Fsp3) is 1.00. The topological polar surface area (TPSA) is 15.3 Å². The van der Waals surface area contributed by atoms with Gasteiger partial charge in [-0.05, 0) is 37.5 Å². The van der Waals surface area contributed by atoms with Crippen LogP contribution in [0.15, 0.2) is 0 Å². The number of hydrogen-bond donors (Lipinski definition) is 1. The Kier molecular flexibility index (Phi) is 5.04. The molecule has 1 aliphatic heterocycles. The van der Waals surface area contributed by atoms with Gasteiger partial charge in [-0.2, -0.15) is 0 Å². The van der Waals surface area contributed by atoms with Crippen LogP contribution in [0.5, 0.6) is 0 Å². The highest BCUT2D eigenvalue weighted by Crippen LogP contribution is 2.36.